The summed E-state index contributed by atoms with van der Waals surface area (Å²) >= 11 is 0.0945. The van der Waals surface area contributed by atoms with Gasteiger partial charge in [0.25, 0.3) is 0 Å². The number of fused-ring (bicyclic) bond motifs is 3. The van der Waals surface area contributed by atoms with Crippen LogP contribution in [0.1, 0.15) is 51.5 Å². The van der Waals surface area contributed by atoms with Crippen molar-refractivity contribution in [2.45, 2.75) is 19.3 Å². The molecule has 6 rings (SSSR count). The molecule has 3 heterocycles. The van der Waals surface area contributed by atoms with Crippen molar-refractivity contribution < 1.29 is 14.0 Å². The third kappa shape index (κ3) is 2.62. The van der Waals surface area contributed by atoms with Gasteiger partial charge in [0, 0.05) is 0 Å². The van der Waals surface area contributed by atoms with Gasteiger partial charge in [-0.05, 0) is 0 Å². The second-order valence-corrected chi connectivity index (χ2v) is 10.2. The van der Waals surface area contributed by atoms with Crippen LogP contribution in [-0.4, -0.2) is 26.1 Å². The quantitative estimate of drug-likeness (QED) is 0.202. The molecule has 5 heteroatoms. The van der Waals surface area contributed by atoms with Crippen LogP contribution >= 0.6 is 0 Å². The molecule has 2 aliphatic rings. The van der Waals surface area contributed by atoms with Gasteiger partial charge in [-0.2, -0.15) is 0 Å². The van der Waals surface area contributed by atoms with Gasteiger partial charge in [-0.25, -0.2) is 0 Å². The Morgan fingerprint density at radius 1 is 0.875 bits per heavy atom. The molecule has 156 valence electrons. The maximum atomic E-state index is 12.8. The Labute approximate surface area is 191 Å². The predicted molar refractivity (Wildman–Crippen MR) is 126 cm³/mol. The third-order valence-electron chi connectivity index (χ3n) is 6.37. The summed E-state index contributed by atoms with van der Waals surface area (Å²) in [6.45, 7) is 4.35. The summed E-state index contributed by atoms with van der Waals surface area (Å²) in [5.41, 5.74) is 5.25. The van der Waals surface area contributed by atoms with Crippen molar-refractivity contribution >= 4 is 49.4 Å². The third-order valence-corrected chi connectivity index (χ3v) is 7.93. The summed E-state index contributed by atoms with van der Waals surface area (Å²) in [5.74, 6) is 0.835. The van der Waals surface area contributed by atoms with Crippen molar-refractivity contribution in [3.05, 3.63) is 104 Å². The molecule has 0 bridgehead atoms. The van der Waals surface area contributed by atoms with Crippen LogP contribution in [-0.2, 0) is 5.41 Å². The molecule has 0 amide bonds. The van der Waals surface area contributed by atoms with Gasteiger partial charge < -0.3 is 0 Å². The first-order valence-corrected chi connectivity index (χ1v) is 12.4. The number of hydrogen-bond acceptors (Lipinski definition) is 4. The zero-order valence-corrected chi connectivity index (χ0v) is 19.3. The van der Waals surface area contributed by atoms with Crippen LogP contribution in [0.25, 0.3) is 6.08 Å². The van der Waals surface area contributed by atoms with Crippen LogP contribution < -0.4 is 4.90 Å². The molecule has 0 saturated carbocycles. The van der Waals surface area contributed by atoms with Gasteiger partial charge in [0.1, 0.15) is 0 Å². The standard InChI is InChI=1S/C27H19NO3Se/c1-27(2)21-10-6-7-11-23(21)28(16-8-4-3-5-9-16)26-22(27)13-17(31-26)12-18-24(29)19-14-32-15-20(19)25(18)30/h3-15H,1-2H3. The summed E-state index contributed by atoms with van der Waals surface area (Å²) < 4.78 is 6.36. The fourth-order valence-electron chi connectivity index (χ4n) is 4.69. The number of rotatable bonds is 2. The number of nitrogens with zero attached hydrogens (tertiary/aromatic N) is 1. The van der Waals surface area contributed by atoms with Crippen LogP contribution in [0.2, 0.25) is 0 Å². The number of carbonyl (C=O) groups excluding carboxylic acids is 2. The molecule has 0 spiro atoms. The topological polar surface area (TPSA) is 50.5 Å². The van der Waals surface area contributed by atoms with Crippen molar-refractivity contribution in [3.8, 4) is 0 Å². The summed E-state index contributed by atoms with van der Waals surface area (Å²) in [6, 6.07) is 20.4. The average Bonchev–Trinajstić information content (AvgIpc) is 3.50. The number of para-hydroxylation sites is 2. The fourth-order valence-corrected chi connectivity index (χ4v) is 6.38. The van der Waals surface area contributed by atoms with Gasteiger partial charge in [-0.1, -0.05) is 6.07 Å². The van der Waals surface area contributed by atoms with E-state index in [0.29, 0.717) is 22.8 Å². The number of hydrogen-bond donors (Lipinski definition) is 0. The Hall–Kier alpha value is -3.40. The Bertz CT molecular complexity index is 1410. The number of benzene rings is 2. The van der Waals surface area contributed by atoms with E-state index in [4.69, 9.17) is 4.42 Å². The fraction of sp³-hybridized carbons (Fsp3) is 0.111. The molecule has 0 radical (unpaired) electrons. The zero-order valence-electron chi connectivity index (χ0n) is 17.6. The molecular formula is C27H19NO3Se. The van der Waals surface area contributed by atoms with Gasteiger partial charge in [-0.15, -0.1) is 0 Å². The van der Waals surface area contributed by atoms with E-state index in [1.807, 2.05) is 52.3 Å². The number of ketones is 2. The van der Waals surface area contributed by atoms with Crippen molar-refractivity contribution in [1.82, 2.24) is 0 Å². The van der Waals surface area contributed by atoms with Crippen molar-refractivity contribution in [2.24, 2.45) is 0 Å². The van der Waals surface area contributed by atoms with E-state index in [9.17, 15) is 9.59 Å². The Morgan fingerprint density at radius 2 is 1.53 bits per heavy atom. The predicted octanol–water partition coefficient (Wildman–Crippen LogP) is 5.91. The molecule has 0 atom stereocenters. The van der Waals surface area contributed by atoms with Crippen LogP contribution in [0, 0.1) is 0 Å². The molecule has 1 aliphatic carbocycles. The minimum absolute atomic E-state index is 0.0945. The van der Waals surface area contributed by atoms with Gasteiger partial charge in [0.05, 0.1) is 0 Å². The van der Waals surface area contributed by atoms with E-state index < -0.39 is 0 Å². The van der Waals surface area contributed by atoms with E-state index in [1.165, 1.54) is 5.56 Å². The minimum atomic E-state index is -0.300. The molecule has 4 nitrogen and oxygen atoms in total. The van der Waals surface area contributed by atoms with Gasteiger partial charge in [0.2, 0.25) is 0 Å². The Balaban J connectivity index is 1.54. The van der Waals surface area contributed by atoms with E-state index in [2.05, 4.69) is 36.9 Å². The van der Waals surface area contributed by atoms with Crippen LogP contribution in [0.15, 0.2) is 80.5 Å². The second-order valence-electron chi connectivity index (χ2n) is 8.60. The monoisotopic (exact) mass is 485 g/mol. The molecule has 0 N–H and O–H groups in total. The van der Waals surface area contributed by atoms with Crippen LogP contribution in [0.4, 0.5) is 17.3 Å². The van der Waals surface area contributed by atoms with Gasteiger partial charge >= 0.3 is 186 Å². The van der Waals surface area contributed by atoms with Gasteiger partial charge in [0.15, 0.2) is 0 Å². The molecular weight excluding hydrogens is 465 g/mol. The molecule has 4 aromatic rings. The van der Waals surface area contributed by atoms with Crippen molar-refractivity contribution in [2.75, 3.05) is 4.90 Å². The number of Topliss-reactive ketones (excluding diaryl/α,β-unsaturated/α-hetero) is 2. The van der Waals surface area contributed by atoms with E-state index in [0.717, 1.165) is 16.9 Å². The number of allylic oxidation sites excluding steroid dienone is 1. The maximum absolute atomic E-state index is 12.8. The summed E-state index contributed by atoms with van der Waals surface area (Å²) in [5, 5.41) is 0. The van der Waals surface area contributed by atoms with E-state index >= 15 is 0 Å². The molecule has 0 unspecified atom stereocenters. The number of anilines is 3. The Morgan fingerprint density at radius 3 is 2.25 bits per heavy atom. The zero-order chi connectivity index (χ0) is 22.0. The van der Waals surface area contributed by atoms with E-state index in [-0.39, 0.29) is 37.1 Å². The summed E-state index contributed by atoms with van der Waals surface area (Å²) in [4.78, 5) is 31.5. The number of carbonyl (C=O) groups is 2. The van der Waals surface area contributed by atoms with E-state index in [1.54, 1.807) is 6.08 Å². The molecule has 2 aromatic heterocycles. The van der Waals surface area contributed by atoms with Crippen LogP contribution in [0.3, 0.4) is 0 Å². The van der Waals surface area contributed by atoms with Crippen molar-refractivity contribution in [1.29, 1.82) is 0 Å². The second kappa shape index (κ2) is 6.80. The first kappa shape index (κ1) is 19.3. The van der Waals surface area contributed by atoms with Gasteiger partial charge in [-0.3, -0.25) is 0 Å². The SMILES string of the molecule is CC1(C)c2ccccc2N(c2ccccc2)c2oc(C=C3C(=O)c4c[se]cc4C3=O)cc21. The van der Waals surface area contributed by atoms with Crippen molar-refractivity contribution in [3.63, 3.8) is 0 Å². The Kier molecular flexibility index (Phi) is 4.10. The average molecular weight is 484 g/mol. The molecule has 0 fully saturated rings. The normalized spacial score (nSPS) is 16.1. The first-order chi connectivity index (χ1) is 15.5. The number of furan rings is 1. The molecule has 32 heavy (non-hydrogen) atoms. The molecule has 0 saturated heterocycles. The summed E-state index contributed by atoms with van der Waals surface area (Å²) in [6.07, 6.45) is 1.61. The van der Waals surface area contributed by atoms with Crippen LogP contribution in [0.5, 0.6) is 0 Å². The first-order valence-electron chi connectivity index (χ1n) is 10.4. The summed E-state index contributed by atoms with van der Waals surface area (Å²) in [7, 11) is 0. The molecule has 1 aliphatic heterocycles. The molecule has 2 aromatic carbocycles.